The Hall–Kier alpha value is -0.120. The molecule has 0 saturated carbocycles. The number of hydrogen-bond donors (Lipinski definition) is 1. The summed E-state index contributed by atoms with van der Waals surface area (Å²) in [5.74, 6) is 0.772. The van der Waals surface area contributed by atoms with Crippen LogP contribution in [-0.4, -0.2) is 63.2 Å². The molecule has 0 fully saturated rings. The largest absolute Gasteiger partial charge is 0.317 e. The first-order valence-electron chi connectivity index (χ1n) is 8.14. The molecule has 0 aromatic rings. The highest BCUT2D eigenvalue weighted by molar-refractivity contribution is 4.62. The molecular formula is C16H37N3. The van der Waals surface area contributed by atoms with E-state index in [2.05, 4.69) is 50.0 Å². The highest BCUT2D eigenvalue weighted by Crippen LogP contribution is 2.03. The van der Waals surface area contributed by atoms with Crippen LogP contribution in [0.4, 0.5) is 0 Å². The minimum absolute atomic E-state index is 0.772. The second-order valence-corrected chi connectivity index (χ2v) is 6.31. The Labute approximate surface area is 121 Å². The molecule has 0 heterocycles. The number of likely N-dealkylation sites (N-methyl/N-ethyl adjacent to an activating group) is 1. The van der Waals surface area contributed by atoms with E-state index >= 15 is 0 Å². The van der Waals surface area contributed by atoms with Crippen LogP contribution in [0.5, 0.6) is 0 Å². The highest BCUT2D eigenvalue weighted by atomic mass is 15.2. The Bertz CT molecular complexity index is 181. The minimum Gasteiger partial charge on any atom is -0.317 e. The van der Waals surface area contributed by atoms with E-state index in [1.807, 2.05) is 0 Å². The molecule has 19 heavy (non-hydrogen) atoms. The molecule has 3 nitrogen and oxygen atoms in total. The van der Waals surface area contributed by atoms with Crippen LogP contribution in [0.25, 0.3) is 0 Å². The van der Waals surface area contributed by atoms with E-state index in [0.29, 0.717) is 0 Å². The zero-order valence-corrected chi connectivity index (χ0v) is 14.0. The fraction of sp³-hybridized carbons (Fsp3) is 1.00. The molecule has 1 N–H and O–H groups in total. The Balaban J connectivity index is 3.61. The van der Waals surface area contributed by atoms with Crippen molar-refractivity contribution in [1.29, 1.82) is 0 Å². The monoisotopic (exact) mass is 271 g/mol. The quantitative estimate of drug-likeness (QED) is 0.520. The maximum atomic E-state index is 3.48. The first-order valence-corrected chi connectivity index (χ1v) is 8.14. The molecule has 0 atom stereocenters. The van der Waals surface area contributed by atoms with Gasteiger partial charge in [-0.2, -0.15) is 0 Å². The van der Waals surface area contributed by atoms with E-state index in [-0.39, 0.29) is 0 Å². The number of rotatable bonds is 13. The first kappa shape index (κ1) is 18.9. The lowest BCUT2D eigenvalue weighted by molar-refractivity contribution is 0.215. The summed E-state index contributed by atoms with van der Waals surface area (Å²) in [6, 6.07) is 0. The third-order valence-electron chi connectivity index (χ3n) is 3.24. The number of nitrogens with zero attached hydrogens (tertiary/aromatic N) is 2. The fourth-order valence-corrected chi connectivity index (χ4v) is 2.22. The van der Waals surface area contributed by atoms with E-state index in [0.717, 1.165) is 5.92 Å². The Kier molecular flexibility index (Phi) is 12.8. The molecule has 0 saturated heterocycles. The molecule has 3 heteroatoms. The van der Waals surface area contributed by atoms with Crippen LogP contribution in [-0.2, 0) is 0 Å². The third-order valence-corrected chi connectivity index (χ3v) is 3.24. The Morgan fingerprint density at radius 1 is 0.895 bits per heavy atom. The predicted octanol–water partition coefficient (Wildman–Crippen LogP) is 2.68. The van der Waals surface area contributed by atoms with Crippen molar-refractivity contribution in [1.82, 2.24) is 15.1 Å². The van der Waals surface area contributed by atoms with Crippen LogP contribution in [0.2, 0.25) is 0 Å². The van der Waals surface area contributed by atoms with E-state index in [4.69, 9.17) is 0 Å². The summed E-state index contributed by atoms with van der Waals surface area (Å²) in [6.07, 6.45) is 5.26. The summed E-state index contributed by atoms with van der Waals surface area (Å²) in [6.45, 7) is 14.1. The average molecular weight is 271 g/mol. The number of unbranched alkanes of at least 4 members (excludes halogenated alkanes) is 2. The molecule has 0 amide bonds. The smallest absolute Gasteiger partial charge is 0.0109 e. The van der Waals surface area contributed by atoms with Gasteiger partial charge in [0.25, 0.3) is 0 Å². The average Bonchev–Trinajstić information content (AvgIpc) is 2.33. The van der Waals surface area contributed by atoms with Crippen LogP contribution in [0.3, 0.4) is 0 Å². The van der Waals surface area contributed by atoms with Gasteiger partial charge in [-0.15, -0.1) is 0 Å². The maximum absolute atomic E-state index is 3.48. The Morgan fingerprint density at radius 2 is 1.63 bits per heavy atom. The van der Waals surface area contributed by atoms with Gasteiger partial charge in [-0.25, -0.2) is 0 Å². The summed E-state index contributed by atoms with van der Waals surface area (Å²) in [5, 5.41) is 3.48. The van der Waals surface area contributed by atoms with Gasteiger partial charge in [0, 0.05) is 19.6 Å². The standard InChI is InChI=1S/C16H37N3/c1-6-10-17-11-8-7-9-12-19(15-16(2)3)14-13-18(4)5/h16-17H,6-15H2,1-5H3. The van der Waals surface area contributed by atoms with Crippen LogP contribution in [0, 0.1) is 5.92 Å². The second-order valence-electron chi connectivity index (χ2n) is 6.31. The van der Waals surface area contributed by atoms with E-state index in [9.17, 15) is 0 Å². The summed E-state index contributed by atoms with van der Waals surface area (Å²) in [7, 11) is 4.32. The molecular weight excluding hydrogens is 234 g/mol. The number of nitrogens with one attached hydrogen (secondary N) is 1. The van der Waals surface area contributed by atoms with Crippen molar-refractivity contribution in [3.8, 4) is 0 Å². The van der Waals surface area contributed by atoms with E-state index < -0.39 is 0 Å². The van der Waals surface area contributed by atoms with Crippen LogP contribution >= 0.6 is 0 Å². The molecule has 0 radical (unpaired) electrons. The van der Waals surface area contributed by atoms with Gasteiger partial charge in [0.2, 0.25) is 0 Å². The molecule has 116 valence electrons. The van der Waals surface area contributed by atoms with Gasteiger partial charge < -0.3 is 15.1 Å². The molecule has 0 bridgehead atoms. The minimum atomic E-state index is 0.772. The van der Waals surface area contributed by atoms with Crippen molar-refractivity contribution >= 4 is 0 Å². The SMILES string of the molecule is CCCNCCCCCN(CCN(C)C)CC(C)C. The van der Waals surface area contributed by atoms with Gasteiger partial charge in [0.05, 0.1) is 0 Å². The van der Waals surface area contributed by atoms with Gasteiger partial charge in [0.1, 0.15) is 0 Å². The summed E-state index contributed by atoms with van der Waals surface area (Å²) < 4.78 is 0. The summed E-state index contributed by atoms with van der Waals surface area (Å²) in [4.78, 5) is 4.91. The Morgan fingerprint density at radius 3 is 2.21 bits per heavy atom. The van der Waals surface area contributed by atoms with E-state index in [1.54, 1.807) is 0 Å². The normalized spacial score (nSPS) is 12.0. The van der Waals surface area contributed by atoms with Crippen molar-refractivity contribution in [3.05, 3.63) is 0 Å². The third kappa shape index (κ3) is 14.1. The zero-order valence-electron chi connectivity index (χ0n) is 14.0. The van der Waals surface area contributed by atoms with Gasteiger partial charge in [-0.3, -0.25) is 0 Å². The molecule has 0 aromatic carbocycles. The molecule has 0 aliphatic carbocycles. The molecule has 0 aliphatic heterocycles. The molecule has 0 spiro atoms. The molecule has 0 aromatic heterocycles. The molecule has 0 aliphatic rings. The van der Waals surface area contributed by atoms with Gasteiger partial charge in [-0.1, -0.05) is 27.2 Å². The van der Waals surface area contributed by atoms with Crippen molar-refractivity contribution in [2.24, 2.45) is 5.92 Å². The molecule has 0 rings (SSSR count). The lowest BCUT2D eigenvalue weighted by Crippen LogP contribution is -2.35. The summed E-state index contributed by atoms with van der Waals surface area (Å²) >= 11 is 0. The first-order chi connectivity index (χ1) is 9.06. The zero-order chi connectivity index (χ0) is 14.5. The maximum Gasteiger partial charge on any atom is 0.0109 e. The number of hydrogen-bond acceptors (Lipinski definition) is 3. The van der Waals surface area contributed by atoms with Crippen molar-refractivity contribution < 1.29 is 0 Å². The van der Waals surface area contributed by atoms with Crippen LogP contribution in [0.1, 0.15) is 46.5 Å². The molecule has 0 unspecified atom stereocenters. The van der Waals surface area contributed by atoms with Crippen molar-refractivity contribution in [2.45, 2.75) is 46.5 Å². The lowest BCUT2D eigenvalue weighted by atomic mass is 10.1. The summed E-state index contributed by atoms with van der Waals surface area (Å²) in [5.41, 5.74) is 0. The fourth-order valence-electron chi connectivity index (χ4n) is 2.22. The topological polar surface area (TPSA) is 18.5 Å². The van der Waals surface area contributed by atoms with Gasteiger partial charge >= 0.3 is 0 Å². The predicted molar refractivity (Wildman–Crippen MR) is 86.8 cm³/mol. The van der Waals surface area contributed by atoms with Crippen LogP contribution < -0.4 is 5.32 Å². The van der Waals surface area contributed by atoms with Crippen molar-refractivity contribution in [2.75, 3.05) is 53.4 Å². The van der Waals surface area contributed by atoms with Gasteiger partial charge in [-0.05, 0) is 58.9 Å². The van der Waals surface area contributed by atoms with Crippen LogP contribution in [0.15, 0.2) is 0 Å². The highest BCUT2D eigenvalue weighted by Gasteiger charge is 2.07. The second kappa shape index (κ2) is 12.9. The van der Waals surface area contributed by atoms with Crippen molar-refractivity contribution in [3.63, 3.8) is 0 Å². The van der Waals surface area contributed by atoms with E-state index in [1.165, 1.54) is 65.0 Å². The van der Waals surface area contributed by atoms with Gasteiger partial charge in [0.15, 0.2) is 0 Å². The lowest BCUT2D eigenvalue weighted by Gasteiger charge is -2.25.